The standard InChI is InChI=1S/C17H24N2O5/c1-10(2)6-13(19-16(20)14-15(24-14)17(21)22)9-23-8-11-4-3-5-12(18)7-11/h3-5,7,10,13-15H,6,8-9,18H2,1-2H3,(H,19,20)(H,21,22)/t13-,14-,15-/m0/s1. The zero-order valence-corrected chi connectivity index (χ0v) is 13.9. The van der Waals surface area contributed by atoms with E-state index in [1.165, 1.54) is 0 Å². The van der Waals surface area contributed by atoms with Crippen molar-refractivity contribution in [1.29, 1.82) is 0 Å². The molecule has 0 spiro atoms. The first-order valence-electron chi connectivity index (χ1n) is 7.97. The summed E-state index contributed by atoms with van der Waals surface area (Å²) in [5.74, 6) is -1.16. The molecule has 7 heteroatoms. The Morgan fingerprint density at radius 2 is 2.12 bits per heavy atom. The van der Waals surface area contributed by atoms with Gasteiger partial charge in [-0.1, -0.05) is 26.0 Å². The van der Waals surface area contributed by atoms with Crippen molar-refractivity contribution in [3.8, 4) is 0 Å². The molecule has 0 unspecified atom stereocenters. The van der Waals surface area contributed by atoms with Crippen LogP contribution < -0.4 is 11.1 Å². The summed E-state index contributed by atoms with van der Waals surface area (Å²) in [5, 5.41) is 11.6. The van der Waals surface area contributed by atoms with Crippen molar-refractivity contribution in [3.05, 3.63) is 29.8 Å². The molecule has 2 rings (SSSR count). The van der Waals surface area contributed by atoms with Gasteiger partial charge in [0.05, 0.1) is 19.3 Å². The van der Waals surface area contributed by atoms with Crippen molar-refractivity contribution in [3.63, 3.8) is 0 Å². The highest BCUT2D eigenvalue weighted by molar-refractivity contribution is 5.92. The van der Waals surface area contributed by atoms with Gasteiger partial charge in [-0.25, -0.2) is 4.79 Å². The predicted molar refractivity (Wildman–Crippen MR) is 88.2 cm³/mol. The van der Waals surface area contributed by atoms with Crippen LogP contribution in [0.25, 0.3) is 0 Å². The lowest BCUT2D eigenvalue weighted by atomic mass is 10.0. The second-order valence-electron chi connectivity index (χ2n) is 6.41. The van der Waals surface area contributed by atoms with Crippen LogP contribution in [0.2, 0.25) is 0 Å². The zero-order valence-electron chi connectivity index (χ0n) is 13.9. The molecule has 1 amide bonds. The molecule has 3 atom stereocenters. The lowest BCUT2D eigenvalue weighted by molar-refractivity contribution is -0.138. The topological polar surface area (TPSA) is 114 Å². The number of nitrogens with two attached hydrogens (primary N) is 1. The molecule has 1 heterocycles. The van der Waals surface area contributed by atoms with Crippen molar-refractivity contribution in [1.82, 2.24) is 5.32 Å². The largest absolute Gasteiger partial charge is 0.479 e. The highest BCUT2D eigenvalue weighted by Crippen LogP contribution is 2.22. The number of anilines is 1. The van der Waals surface area contributed by atoms with Crippen molar-refractivity contribution >= 4 is 17.6 Å². The molecule has 1 aromatic rings. The minimum Gasteiger partial charge on any atom is -0.479 e. The molecular formula is C17H24N2O5. The van der Waals surface area contributed by atoms with Crippen LogP contribution >= 0.6 is 0 Å². The van der Waals surface area contributed by atoms with Gasteiger partial charge in [0.1, 0.15) is 0 Å². The van der Waals surface area contributed by atoms with Crippen LogP contribution in [0, 0.1) is 5.92 Å². The van der Waals surface area contributed by atoms with E-state index in [1.807, 2.05) is 32.0 Å². The summed E-state index contributed by atoms with van der Waals surface area (Å²) >= 11 is 0. The van der Waals surface area contributed by atoms with Gasteiger partial charge < -0.3 is 25.6 Å². The van der Waals surface area contributed by atoms with Crippen molar-refractivity contribution in [2.24, 2.45) is 5.92 Å². The second-order valence-corrected chi connectivity index (χ2v) is 6.41. The van der Waals surface area contributed by atoms with Crippen LogP contribution in [0.5, 0.6) is 0 Å². The third-order valence-electron chi connectivity index (χ3n) is 3.63. The molecule has 1 saturated heterocycles. The summed E-state index contributed by atoms with van der Waals surface area (Å²) < 4.78 is 10.6. The number of amides is 1. The van der Waals surface area contributed by atoms with Gasteiger partial charge in [0, 0.05) is 5.69 Å². The van der Waals surface area contributed by atoms with Crippen LogP contribution in [0.15, 0.2) is 24.3 Å². The maximum Gasteiger partial charge on any atom is 0.336 e. The van der Waals surface area contributed by atoms with E-state index in [1.54, 1.807) is 6.07 Å². The second kappa shape index (κ2) is 8.12. The number of carboxylic acid groups (broad SMARTS) is 1. The molecular weight excluding hydrogens is 312 g/mol. The van der Waals surface area contributed by atoms with Crippen molar-refractivity contribution in [2.45, 2.75) is 45.1 Å². The predicted octanol–water partition coefficient (Wildman–Crippen LogP) is 1.17. The van der Waals surface area contributed by atoms with E-state index < -0.39 is 24.1 Å². The minimum atomic E-state index is -1.12. The number of carbonyl (C=O) groups is 2. The fourth-order valence-electron chi connectivity index (χ4n) is 2.52. The third kappa shape index (κ3) is 5.50. The number of hydrogen-bond donors (Lipinski definition) is 3. The maximum absolute atomic E-state index is 12.0. The number of carboxylic acids is 1. The fourth-order valence-corrected chi connectivity index (χ4v) is 2.52. The van der Waals surface area contributed by atoms with Crippen molar-refractivity contribution in [2.75, 3.05) is 12.3 Å². The highest BCUT2D eigenvalue weighted by Gasteiger charge is 2.51. The zero-order chi connectivity index (χ0) is 17.7. The molecule has 0 aliphatic carbocycles. The van der Waals surface area contributed by atoms with E-state index in [2.05, 4.69) is 5.32 Å². The molecule has 1 fully saturated rings. The Labute approximate surface area is 141 Å². The Hall–Kier alpha value is -2.12. The maximum atomic E-state index is 12.0. The minimum absolute atomic E-state index is 0.197. The SMILES string of the molecule is CC(C)C[C@@H](COCc1cccc(N)c1)NC(=O)[C@H]1O[C@@H]1C(=O)O. The molecule has 1 aromatic carbocycles. The smallest absolute Gasteiger partial charge is 0.336 e. The van der Waals surface area contributed by atoms with Crippen LogP contribution in [0.4, 0.5) is 5.69 Å². The number of carbonyl (C=O) groups excluding carboxylic acids is 1. The summed E-state index contributed by atoms with van der Waals surface area (Å²) in [4.78, 5) is 22.8. The summed E-state index contributed by atoms with van der Waals surface area (Å²) in [6, 6.07) is 7.22. The number of nitrogens with one attached hydrogen (secondary N) is 1. The summed E-state index contributed by atoms with van der Waals surface area (Å²) in [6.07, 6.45) is -1.20. The van der Waals surface area contributed by atoms with Crippen LogP contribution in [-0.2, 0) is 25.7 Å². The van der Waals surface area contributed by atoms with E-state index in [-0.39, 0.29) is 6.04 Å². The van der Waals surface area contributed by atoms with Gasteiger partial charge in [-0.3, -0.25) is 4.79 Å². The Morgan fingerprint density at radius 1 is 1.38 bits per heavy atom. The highest BCUT2D eigenvalue weighted by atomic mass is 16.6. The average molecular weight is 336 g/mol. The van der Waals surface area contributed by atoms with Crippen LogP contribution in [-0.4, -0.2) is 41.8 Å². The number of benzene rings is 1. The molecule has 24 heavy (non-hydrogen) atoms. The molecule has 1 aliphatic heterocycles. The molecule has 4 N–H and O–H groups in total. The number of hydrogen-bond acceptors (Lipinski definition) is 5. The molecule has 0 saturated carbocycles. The van der Waals surface area contributed by atoms with E-state index in [9.17, 15) is 9.59 Å². The number of nitrogen functional groups attached to an aromatic ring is 1. The van der Waals surface area contributed by atoms with Crippen molar-refractivity contribution < 1.29 is 24.2 Å². The monoisotopic (exact) mass is 336 g/mol. The van der Waals surface area contributed by atoms with E-state index >= 15 is 0 Å². The van der Waals surface area contributed by atoms with Gasteiger partial charge in [0.15, 0.2) is 12.2 Å². The number of epoxide rings is 1. The van der Waals surface area contributed by atoms with E-state index in [0.29, 0.717) is 24.8 Å². The molecule has 0 bridgehead atoms. The Morgan fingerprint density at radius 3 is 2.71 bits per heavy atom. The quantitative estimate of drug-likeness (QED) is 0.461. The first kappa shape index (κ1) is 18.2. The van der Waals surface area contributed by atoms with Gasteiger partial charge in [-0.15, -0.1) is 0 Å². The number of ether oxygens (including phenoxy) is 2. The third-order valence-corrected chi connectivity index (χ3v) is 3.63. The Kier molecular flexibility index (Phi) is 6.16. The van der Waals surface area contributed by atoms with Gasteiger partial charge >= 0.3 is 5.97 Å². The average Bonchev–Trinajstić information content (AvgIpc) is 3.27. The molecule has 0 radical (unpaired) electrons. The summed E-state index contributed by atoms with van der Waals surface area (Å²) in [5.41, 5.74) is 7.36. The lowest BCUT2D eigenvalue weighted by Gasteiger charge is -2.20. The van der Waals surface area contributed by atoms with Gasteiger partial charge in [-0.05, 0) is 30.0 Å². The Balaban J connectivity index is 1.82. The fraction of sp³-hybridized carbons (Fsp3) is 0.529. The Bertz CT molecular complexity index is 590. The van der Waals surface area contributed by atoms with Gasteiger partial charge in [0.25, 0.3) is 5.91 Å². The molecule has 0 aromatic heterocycles. The summed E-state index contributed by atoms with van der Waals surface area (Å²) in [7, 11) is 0. The first-order valence-corrected chi connectivity index (χ1v) is 7.97. The number of aliphatic carboxylic acids is 1. The number of rotatable bonds is 9. The van der Waals surface area contributed by atoms with Gasteiger partial charge in [-0.2, -0.15) is 0 Å². The molecule has 132 valence electrons. The summed E-state index contributed by atoms with van der Waals surface area (Å²) in [6.45, 7) is 4.83. The normalized spacial score (nSPS) is 20.6. The first-order chi connectivity index (χ1) is 11.4. The van der Waals surface area contributed by atoms with E-state index in [0.717, 1.165) is 12.0 Å². The lowest BCUT2D eigenvalue weighted by Crippen LogP contribution is -2.42. The van der Waals surface area contributed by atoms with Crippen LogP contribution in [0.1, 0.15) is 25.8 Å². The van der Waals surface area contributed by atoms with Gasteiger partial charge in [0.2, 0.25) is 0 Å². The van der Waals surface area contributed by atoms with E-state index in [4.69, 9.17) is 20.3 Å². The molecule has 7 nitrogen and oxygen atoms in total. The van der Waals surface area contributed by atoms with Crippen LogP contribution in [0.3, 0.4) is 0 Å². The molecule has 1 aliphatic rings.